The maximum absolute atomic E-state index is 13.2. The summed E-state index contributed by atoms with van der Waals surface area (Å²) in [5.41, 5.74) is 1.82. The summed E-state index contributed by atoms with van der Waals surface area (Å²) in [4.78, 5) is 39.9. The van der Waals surface area contributed by atoms with Crippen LogP contribution in [0.3, 0.4) is 0 Å². The number of para-hydroxylation sites is 2. The van der Waals surface area contributed by atoms with E-state index in [0.29, 0.717) is 24.2 Å². The van der Waals surface area contributed by atoms with Crippen molar-refractivity contribution in [3.63, 3.8) is 0 Å². The number of sulfonamides is 1. The van der Waals surface area contributed by atoms with Crippen molar-refractivity contribution in [2.24, 2.45) is 0 Å². The standard InChI is InChI=1S/C24H27N3O6S/c1-16-9-10-18(13-17(16)2)34(31,32)25-14-22(29)33-15-21(28)27-20-8-4-3-7-19(20)26-23(30)24(27)11-5-6-12-24/h3-4,7-10,13,25H,5-6,11-12,14-15H2,1-2H3,(H,26,30). The van der Waals surface area contributed by atoms with Gasteiger partial charge in [0.05, 0.1) is 16.3 Å². The molecule has 4 rings (SSSR count). The number of carbonyl (C=O) groups is 3. The van der Waals surface area contributed by atoms with Crippen LogP contribution in [0.15, 0.2) is 47.4 Å². The van der Waals surface area contributed by atoms with Crippen molar-refractivity contribution in [1.82, 2.24) is 4.72 Å². The lowest BCUT2D eigenvalue weighted by Crippen LogP contribution is -2.61. The summed E-state index contributed by atoms with van der Waals surface area (Å²) < 4.78 is 32.3. The molecule has 2 aliphatic rings. The number of carbonyl (C=O) groups excluding carboxylic acids is 3. The Hall–Kier alpha value is -3.24. The fourth-order valence-electron chi connectivity index (χ4n) is 4.50. The topological polar surface area (TPSA) is 122 Å². The molecule has 1 saturated carbocycles. The third kappa shape index (κ3) is 4.43. The van der Waals surface area contributed by atoms with Crippen LogP contribution in [0.5, 0.6) is 0 Å². The van der Waals surface area contributed by atoms with Gasteiger partial charge in [0.25, 0.3) is 11.8 Å². The van der Waals surface area contributed by atoms with E-state index in [1.807, 2.05) is 6.92 Å². The first-order chi connectivity index (χ1) is 16.1. The molecule has 2 amide bonds. The molecule has 1 heterocycles. The Morgan fingerprint density at radius 2 is 1.79 bits per heavy atom. The average Bonchev–Trinajstić information content (AvgIpc) is 3.29. The van der Waals surface area contributed by atoms with Crippen LogP contribution in [0.2, 0.25) is 0 Å². The molecule has 10 heteroatoms. The van der Waals surface area contributed by atoms with Crippen LogP contribution in [0.25, 0.3) is 0 Å². The first-order valence-electron chi connectivity index (χ1n) is 11.1. The maximum atomic E-state index is 13.2. The van der Waals surface area contributed by atoms with Gasteiger partial charge in [-0.3, -0.25) is 19.3 Å². The lowest BCUT2D eigenvalue weighted by atomic mass is 9.90. The number of ether oxygens (including phenoxy) is 1. The van der Waals surface area contributed by atoms with Crippen molar-refractivity contribution in [2.45, 2.75) is 50.0 Å². The predicted octanol–water partition coefficient (Wildman–Crippen LogP) is 2.42. The zero-order valence-electron chi connectivity index (χ0n) is 19.1. The second-order valence-electron chi connectivity index (χ2n) is 8.67. The van der Waals surface area contributed by atoms with Crippen LogP contribution in [0, 0.1) is 13.8 Å². The van der Waals surface area contributed by atoms with Gasteiger partial charge in [-0.1, -0.05) is 31.0 Å². The predicted molar refractivity (Wildman–Crippen MR) is 126 cm³/mol. The van der Waals surface area contributed by atoms with Crippen LogP contribution < -0.4 is 14.9 Å². The number of amides is 2. The minimum absolute atomic E-state index is 0.0404. The first-order valence-corrected chi connectivity index (χ1v) is 12.6. The number of aryl methyl sites for hydroxylation is 2. The summed E-state index contributed by atoms with van der Waals surface area (Å²) in [5.74, 6) is -1.67. The van der Waals surface area contributed by atoms with Crippen molar-refractivity contribution < 1.29 is 27.5 Å². The van der Waals surface area contributed by atoms with E-state index >= 15 is 0 Å². The maximum Gasteiger partial charge on any atom is 0.321 e. The van der Waals surface area contributed by atoms with Crippen molar-refractivity contribution in [1.29, 1.82) is 0 Å². The number of anilines is 2. The molecule has 0 unspecified atom stereocenters. The molecule has 2 aromatic rings. The molecule has 2 aromatic carbocycles. The molecule has 180 valence electrons. The molecule has 0 radical (unpaired) electrons. The minimum atomic E-state index is -3.92. The van der Waals surface area contributed by atoms with Gasteiger partial charge in [-0.2, -0.15) is 4.72 Å². The van der Waals surface area contributed by atoms with Crippen LogP contribution in [-0.4, -0.2) is 44.9 Å². The summed E-state index contributed by atoms with van der Waals surface area (Å²) in [6, 6.07) is 11.6. The summed E-state index contributed by atoms with van der Waals surface area (Å²) in [6.07, 6.45) is 2.64. The fraction of sp³-hybridized carbons (Fsp3) is 0.375. The van der Waals surface area contributed by atoms with E-state index in [1.54, 1.807) is 37.3 Å². The summed E-state index contributed by atoms with van der Waals surface area (Å²) in [5, 5.41) is 2.88. The van der Waals surface area contributed by atoms with Crippen molar-refractivity contribution in [3.05, 3.63) is 53.6 Å². The van der Waals surface area contributed by atoms with Gasteiger partial charge in [0.2, 0.25) is 10.0 Å². The zero-order valence-corrected chi connectivity index (χ0v) is 19.9. The van der Waals surface area contributed by atoms with Gasteiger partial charge >= 0.3 is 5.97 Å². The zero-order chi connectivity index (χ0) is 24.5. The number of nitrogens with zero attached hydrogens (tertiary/aromatic N) is 1. The number of fused-ring (bicyclic) bond motifs is 1. The molecular weight excluding hydrogens is 458 g/mol. The Bertz CT molecular complexity index is 1250. The third-order valence-electron chi connectivity index (χ3n) is 6.48. The average molecular weight is 486 g/mol. The molecule has 1 aliphatic heterocycles. The van der Waals surface area contributed by atoms with Gasteiger partial charge in [-0.25, -0.2) is 8.42 Å². The van der Waals surface area contributed by atoms with E-state index in [4.69, 9.17) is 4.74 Å². The Morgan fingerprint density at radius 1 is 1.09 bits per heavy atom. The summed E-state index contributed by atoms with van der Waals surface area (Å²) >= 11 is 0. The Kier molecular flexibility index (Phi) is 6.46. The highest BCUT2D eigenvalue weighted by Gasteiger charge is 2.52. The molecule has 2 N–H and O–H groups in total. The normalized spacial score (nSPS) is 16.8. The molecule has 0 saturated heterocycles. The van der Waals surface area contributed by atoms with Crippen molar-refractivity contribution >= 4 is 39.2 Å². The molecule has 9 nitrogen and oxygen atoms in total. The SMILES string of the molecule is Cc1ccc(S(=O)(=O)NCC(=O)OCC(=O)N2c3ccccc3NC(=O)C23CCCC3)cc1C. The number of hydrogen-bond donors (Lipinski definition) is 2. The molecule has 0 aromatic heterocycles. The van der Waals surface area contributed by atoms with Gasteiger partial charge in [0.15, 0.2) is 6.61 Å². The molecule has 1 aliphatic carbocycles. The number of benzene rings is 2. The number of nitrogens with one attached hydrogen (secondary N) is 2. The molecule has 1 spiro atoms. The van der Waals surface area contributed by atoms with Gasteiger partial charge in [-0.05, 0) is 62.1 Å². The smallest absolute Gasteiger partial charge is 0.321 e. The molecular formula is C24H27N3O6S. The molecule has 0 atom stereocenters. The van der Waals surface area contributed by atoms with E-state index in [2.05, 4.69) is 10.0 Å². The fourth-order valence-corrected chi connectivity index (χ4v) is 5.56. The van der Waals surface area contributed by atoms with Crippen LogP contribution in [0.1, 0.15) is 36.8 Å². The van der Waals surface area contributed by atoms with E-state index in [0.717, 1.165) is 24.0 Å². The van der Waals surface area contributed by atoms with E-state index in [1.165, 1.54) is 17.0 Å². The summed E-state index contributed by atoms with van der Waals surface area (Å²) in [7, 11) is -3.92. The molecule has 1 fully saturated rings. The minimum Gasteiger partial charge on any atom is -0.455 e. The number of esters is 1. The van der Waals surface area contributed by atoms with Gasteiger partial charge in [-0.15, -0.1) is 0 Å². The number of rotatable bonds is 6. The Labute approximate surface area is 198 Å². The lowest BCUT2D eigenvalue weighted by molar-refractivity contribution is -0.147. The van der Waals surface area contributed by atoms with Crippen LogP contribution in [-0.2, 0) is 29.1 Å². The van der Waals surface area contributed by atoms with Gasteiger partial charge < -0.3 is 10.1 Å². The first kappa shape index (κ1) is 23.9. The van der Waals surface area contributed by atoms with E-state index in [9.17, 15) is 22.8 Å². The molecule has 34 heavy (non-hydrogen) atoms. The highest BCUT2D eigenvalue weighted by Crippen LogP contribution is 2.45. The highest BCUT2D eigenvalue weighted by atomic mass is 32.2. The summed E-state index contributed by atoms with van der Waals surface area (Å²) in [6.45, 7) is 2.44. The second-order valence-corrected chi connectivity index (χ2v) is 10.4. The molecule has 0 bridgehead atoms. The van der Waals surface area contributed by atoms with Crippen molar-refractivity contribution in [2.75, 3.05) is 23.4 Å². The number of hydrogen-bond acceptors (Lipinski definition) is 6. The van der Waals surface area contributed by atoms with Crippen molar-refractivity contribution in [3.8, 4) is 0 Å². The van der Waals surface area contributed by atoms with Crippen LogP contribution in [0.4, 0.5) is 11.4 Å². The third-order valence-corrected chi connectivity index (χ3v) is 7.87. The monoisotopic (exact) mass is 485 g/mol. The largest absolute Gasteiger partial charge is 0.455 e. The van der Waals surface area contributed by atoms with E-state index < -0.39 is 40.6 Å². The van der Waals surface area contributed by atoms with E-state index in [-0.39, 0.29) is 10.8 Å². The second kappa shape index (κ2) is 9.19. The highest BCUT2D eigenvalue weighted by molar-refractivity contribution is 7.89. The van der Waals surface area contributed by atoms with Gasteiger partial charge in [0.1, 0.15) is 12.1 Å². The Morgan fingerprint density at radius 3 is 2.50 bits per heavy atom. The van der Waals surface area contributed by atoms with Gasteiger partial charge in [0, 0.05) is 0 Å². The Balaban J connectivity index is 1.43. The quantitative estimate of drug-likeness (QED) is 0.606. The lowest BCUT2D eigenvalue weighted by Gasteiger charge is -2.44. The van der Waals surface area contributed by atoms with Crippen LogP contribution >= 0.6 is 0 Å².